The first kappa shape index (κ1) is 20.5. The number of aromatic amines is 1. The van der Waals surface area contributed by atoms with Gasteiger partial charge in [0, 0.05) is 17.4 Å². The Bertz CT molecular complexity index is 1280. The van der Waals surface area contributed by atoms with Crippen LogP contribution in [0.5, 0.6) is 11.5 Å². The Morgan fingerprint density at radius 2 is 2.03 bits per heavy atom. The minimum absolute atomic E-state index is 0.0472. The lowest BCUT2D eigenvalue weighted by molar-refractivity contribution is -0.116. The number of carbonyl (C=O) groups is 1. The van der Waals surface area contributed by atoms with E-state index in [0.29, 0.717) is 27.8 Å². The zero-order valence-electron chi connectivity index (χ0n) is 17.1. The number of nitrogens with zero attached hydrogens (tertiary/aromatic N) is 3. The van der Waals surface area contributed by atoms with Crippen LogP contribution in [0.15, 0.2) is 67.0 Å². The summed E-state index contributed by atoms with van der Waals surface area (Å²) in [6.45, 7) is 3.97. The molecule has 4 rings (SSSR count). The summed E-state index contributed by atoms with van der Waals surface area (Å²) < 4.78 is 7.92. The van der Waals surface area contributed by atoms with Crippen molar-refractivity contribution in [2.45, 2.75) is 20.4 Å². The topological polar surface area (TPSA) is 84.8 Å². The highest BCUT2D eigenvalue weighted by Gasteiger charge is 2.13. The molecular weight excluding hydrogens is 410 g/mol. The maximum Gasteiger partial charge on any atom is 0.244 e. The predicted molar refractivity (Wildman–Crippen MR) is 122 cm³/mol. The molecule has 1 amide bonds. The number of amides is 1. The summed E-state index contributed by atoms with van der Waals surface area (Å²) in [4.78, 5) is 16.8. The molecule has 2 aromatic heterocycles. The number of aryl methyl sites for hydroxylation is 2. The van der Waals surface area contributed by atoms with E-state index in [2.05, 4.69) is 20.5 Å². The summed E-state index contributed by atoms with van der Waals surface area (Å²) in [5, 5.41) is 9.99. The van der Waals surface area contributed by atoms with Gasteiger partial charge in [-0.25, -0.2) is 0 Å². The molecule has 0 radical (unpaired) electrons. The van der Waals surface area contributed by atoms with E-state index in [0.717, 1.165) is 16.7 Å². The molecule has 0 fully saturated rings. The van der Waals surface area contributed by atoms with Crippen LogP contribution in [0.3, 0.4) is 0 Å². The Morgan fingerprint density at radius 3 is 2.77 bits per heavy atom. The lowest BCUT2D eigenvalue weighted by Gasteiger charge is -2.12. The predicted octanol–water partition coefficient (Wildman–Crippen LogP) is 5.05. The Labute approximate surface area is 184 Å². The van der Waals surface area contributed by atoms with Gasteiger partial charge < -0.3 is 10.1 Å². The molecule has 7 nitrogen and oxygen atoms in total. The van der Waals surface area contributed by atoms with Gasteiger partial charge >= 0.3 is 0 Å². The van der Waals surface area contributed by atoms with Crippen LogP contribution in [0.25, 0.3) is 11.4 Å². The zero-order valence-corrected chi connectivity index (χ0v) is 17.9. The molecule has 0 bridgehead atoms. The SMILES string of the molecule is Cc1cccc(-c2n[nH]c(=S)n2CC(=O)Nc2ccc(Oc3cccnc3)c(C)c2)c1. The third kappa shape index (κ3) is 4.87. The summed E-state index contributed by atoms with van der Waals surface area (Å²) in [5.74, 6) is 1.78. The molecule has 0 aliphatic rings. The second-order valence-corrected chi connectivity index (χ2v) is 7.51. The summed E-state index contributed by atoms with van der Waals surface area (Å²) in [7, 11) is 0. The van der Waals surface area contributed by atoms with Crippen molar-refractivity contribution in [1.29, 1.82) is 0 Å². The molecule has 2 aromatic carbocycles. The van der Waals surface area contributed by atoms with Gasteiger partial charge in [0.15, 0.2) is 10.6 Å². The Hall–Kier alpha value is -3.78. The first-order chi connectivity index (χ1) is 15.0. The zero-order chi connectivity index (χ0) is 21.8. The van der Waals surface area contributed by atoms with Crippen molar-refractivity contribution in [3.05, 3.63) is 82.9 Å². The van der Waals surface area contributed by atoms with E-state index in [1.54, 1.807) is 23.0 Å². The van der Waals surface area contributed by atoms with E-state index >= 15 is 0 Å². The van der Waals surface area contributed by atoms with Gasteiger partial charge in [-0.2, -0.15) is 5.10 Å². The van der Waals surface area contributed by atoms with E-state index in [9.17, 15) is 4.79 Å². The standard InChI is InChI=1S/C23H21N5O2S/c1-15-5-3-6-17(11-15)22-26-27-23(31)28(22)14-21(29)25-18-8-9-20(16(2)12-18)30-19-7-4-10-24-13-19/h3-13H,14H2,1-2H3,(H,25,29)(H,27,31). The van der Waals surface area contributed by atoms with Gasteiger partial charge in [-0.1, -0.05) is 23.8 Å². The first-order valence-corrected chi connectivity index (χ1v) is 10.1. The number of H-pyrrole nitrogens is 1. The van der Waals surface area contributed by atoms with Crippen LogP contribution in [-0.2, 0) is 11.3 Å². The highest BCUT2D eigenvalue weighted by molar-refractivity contribution is 7.71. The van der Waals surface area contributed by atoms with Crippen molar-refractivity contribution in [2.75, 3.05) is 5.32 Å². The third-order valence-corrected chi connectivity index (χ3v) is 4.97. The number of carbonyl (C=O) groups excluding carboxylic acids is 1. The van der Waals surface area contributed by atoms with Gasteiger partial charge in [-0.3, -0.25) is 19.4 Å². The molecule has 156 valence electrons. The molecule has 0 saturated carbocycles. The number of nitrogens with one attached hydrogen (secondary N) is 2. The number of hydrogen-bond acceptors (Lipinski definition) is 5. The molecule has 2 N–H and O–H groups in total. The van der Waals surface area contributed by atoms with Crippen molar-refractivity contribution in [1.82, 2.24) is 19.7 Å². The summed E-state index contributed by atoms with van der Waals surface area (Å²) in [6, 6.07) is 17.0. The van der Waals surface area contributed by atoms with E-state index in [1.165, 1.54) is 0 Å². The van der Waals surface area contributed by atoms with Crippen molar-refractivity contribution in [3.63, 3.8) is 0 Å². The Kier molecular flexibility index (Phi) is 5.90. The normalized spacial score (nSPS) is 10.6. The third-order valence-electron chi connectivity index (χ3n) is 4.66. The largest absolute Gasteiger partial charge is 0.455 e. The highest BCUT2D eigenvalue weighted by atomic mass is 32.1. The summed E-state index contributed by atoms with van der Waals surface area (Å²) in [5.41, 5.74) is 3.56. The van der Waals surface area contributed by atoms with E-state index < -0.39 is 0 Å². The minimum Gasteiger partial charge on any atom is -0.455 e. The summed E-state index contributed by atoms with van der Waals surface area (Å²) in [6.07, 6.45) is 3.34. The van der Waals surface area contributed by atoms with Crippen molar-refractivity contribution in [2.24, 2.45) is 0 Å². The van der Waals surface area contributed by atoms with Crippen LogP contribution in [0.1, 0.15) is 11.1 Å². The number of pyridine rings is 1. The van der Waals surface area contributed by atoms with Crippen LogP contribution < -0.4 is 10.1 Å². The van der Waals surface area contributed by atoms with Gasteiger partial charge in [0.1, 0.15) is 18.0 Å². The van der Waals surface area contributed by atoms with Crippen LogP contribution in [0, 0.1) is 18.6 Å². The lowest BCUT2D eigenvalue weighted by atomic mass is 10.1. The highest BCUT2D eigenvalue weighted by Crippen LogP contribution is 2.27. The lowest BCUT2D eigenvalue weighted by Crippen LogP contribution is -2.19. The van der Waals surface area contributed by atoms with E-state index in [4.69, 9.17) is 17.0 Å². The number of hydrogen-bond donors (Lipinski definition) is 2. The molecule has 0 saturated heterocycles. The van der Waals surface area contributed by atoms with Crippen molar-refractivity contribution < 1.29 is 9.53 Å². The smallest absolute Gasteiger partial charge is 0.244 e. The number of rotatable bonds is 6. The van der Waals surface area contributed by atoms with Crippen molar-refractivity contribution in [3.8, 4) is 22.9 Å². The Morgan fingerprint density at radius 1 is 1.16 bits per heavy atom. The van der Waals surface area contributed by atoms with Gasteiger partial charge in [-0.05, 0) is 68.0 Å². The maximum absolute atomic E-state index is 12.7. The molecule has 0 aliphatic carbocycles. The van der Waals surface area contributed by atoms with E-state index in [1.807, 2.05) is 62.4 Å². The molecule has 31 heavy (non-hydrogen) atoms. The van der Waals surface area contributed by atoms with Crippen LogP contribution in [0.4, 0.5) is 5.69 Å². The minimum atomic E-state index is -0.202. The van der Waals surface area contributed by atoms with Crippen LogP contribution >= 0.6 is 12.2 Å². The molecule has 4 aromatic rings. The average molecular weight is 432 g/mol. The number of ether oxygens (including phenoxy) is 1. The van der Waals surface area contributed by atoms with Crippen LogP contribution in [0.2, 0.25) is 0 Å². The fourth-order valence-electron chi connectivity index (χ4n) is 3.19. The van der Waals surface area contributed by atoms with Gasteiger partial charge in [0.2, 0.25) is 5.91 Å². The molecule has 0 spiro atoms. The second-order valence-electron chi connectivity index (χ2n) is 7.13. The molecule has 0 atom stereocenters. The average Bonchev–Trinajstić information content (AvgIpc) is 3.11. The van der Waals surface area contributed by atoms with Gasteiger partial charge in [-0.15, -0.1) is 0 Å². The quantitative estimate of drug-likeness (QED) is 0.417. The number of aromatic nitrogens is 4. The van der Waals surface area contributed by atoms with Crippen LogP contribution in [-0.4, -0.2) is 25.7 Å². The molecule has 8 heteroatoms. The van der Waals surface area contributed by atoms with Crippen molar-refractivity contribution >= 4 is 23.8 Å². The number of benzene rings is 2. The molecular formula is C23H21N5O2S. The molecule has 2 heterocycles. The van der Waals surface area contributed by atoms with Gasteiger partial charge in [0.25, 0.3) is 0 Å². The second kappa shape index (κ2) is 8.93. The molecule has 0 unspecified atom stereocenters. The van der Waals surface area contributed by atoms with Gasteiger partial charge in [0.05, 0.1) is 6.20 Å². The summed E-state index contributed by atoms with van der Waals surface area (Å²) >= 11 is 5.33. The number of anilines is 1. The fraction of sp³-hybridized carbons (Fsp3) is 0.130. The fourth-order valence-corrected chi connectivity index (χ4v) is 3.39. The Balaban J connectivity index is 1.48. The maximum atomic E-state index is 12.7. The monoisotopic (exact) mass is 431 g/mol. The molecule has 0 aliphatic heterocycles. The van der Waals surface area contributed by atoms with E-state index in [-0.39, 0.29) is 12.5 Å². The first-order valence-electron chi connectivity index (χ1n) is 9.70.